The van der Waals surface area contributed by atoms with Crippen molar-refractivity contribution in [3.8, 4) is 5.75 Å². The van der Waals surface area contributed by atoms with Crippen LogP contribution in [0.1, 0.15) is 27.7 Å². The lowest BCUT2D eigenvalue weighted by molar-refractivity contribution is -0.142. The number of carboxylic acid groups (broad SMARTS) is 1. The number of nitrogens with one attached hydrogen (secondary N) is 1. The molecule has 0 fully saturated rings. The monoisotopic (exact) mass is 300 g/mol. The van der Waals surface area contributed by atoms with Crippen molar-refractivity contribution in [3.05, 3.63) is 53.3 Å². The van der Waals surface area contributed by atoms with Crippen LogP contribution in [0.5, 0.6) is 5.75 Å². The second kappa shape index (κ2) is 5.55. The zero-order valence-corrected chi connectivity index (χ0v) is 12.1. The van der Waals surface area contributed by atoms with Gasteiger partial charge in [-0.1, -0.05) is 18.2 Å². The van der Waals surface area contributed by atoms with E-state index in [4.69, 9.17) is 4.74 Å². The molecule has 1 aliphatic heterocycles. The fourth-order valence-electron chi connectivity index (χ4n) is 2.71. The maximum Gasteiger partial charge on any atom is 0.331 e. The van der Waals surface area contributed by atoms with Crippen LogP contribution < -0.4 is 4.74 Å². The van der Waals surface area contributed by atoms with Gasteiger partial charge in [0.05, 0.1) is 12.1 Å². The Hall–Kier alpha value is -2.76. The number of rotatable bonds is 2. The normalized spacial score (nSPS) is 17.3. The van der Waals surface area contributed by atoms with Gasteiger partial charge >= 0.3 is 5.97 Å². The van der Waals surface area contributed by atoms with Crippen molar-refractivity contribution >= 4 is 11.9 Å². The fourth-order valence-corrected chi connectivity index (χ4v) is 2.71. The van der Waals surface area contributed by atoms with Crippen LogP contribution in [0.15, 0.2) is 36.5 Å². The van der Waals surface area contributed by atoms with Crippen molar-refractivity contribution < 1.29 is 19.4 Å². The number of aryl methyl sites for hydroxylation is 1. The Morgan fingerprint density at radius 2 is 2.09 bits per heavy atom. The summed E-state index contributed by atoms with van der Waals surface area (Å²) in [7, 11) is 0. The number of carbonyl (C=O) groups is 2. The molecule has 1 aliphatic rings. The molecule has 3 rings (SSSR count). The molecule has 2 heterocycles. The number of benzene rings is 1. The SMILES string of the molecule is Cc1[nH]ccc1C(=O)N1CCOc2ccccc2C1C(=O)O. The first kappa shape index (κ1) is 14.2. The summed E-state index contributed by atoms with van der Waals surface area (Å²) in [5.41, 5.74) is 1.69. The van der Waals surface area contributed by atoms with Gasteiger partial charge in [0.25, 0.3) is 5.91 Å². The van der Waals surface area contributed by atoms with Gasteiger partial charge in [-0.2, -0.15) is 0 Å². The van der Waals surface area contributed by atoms with Crippen LogP contribution >= 0.6 is 0 Å². The molecule has 1 aromatic heterocycles. The molecule has 2 aromatic rings. The number of aromatic nitrogens is 1. The summed E-state index contributed by atoms with van der Waals surface area (Å²) < 4.78 is 5.59. The number of hydrogen-bond donors (Lipinski definition) is 2. The van der Waals surface area contributed by atoms with E-state index in [1.807, 2.05) is 0 Å². The van der Waals surface area contributed by atoms with E-state index >= 15 is 0 Å². The van der Waals surface area contributed by atoms with Gasteiger partial charge in [0.1, 0.15) is 12.4 Å². The third kappa shape index (κ3) is 2.32. The maximum absolute atomic E-state index is 12.7. The highest BCUT2D eigenvalue weighted by atomic mass is 16.5. The number of para-hydroxylation sites is 1. The van der Waals surface area contributed by atoms with E-state index in [1.165, 1.54) is 4.90 Å². The topological polar surface area (TPSA) is 82.6 Å². The zero-order valence-electron chi connectivity index (χ0n) is 12.1. The molecule has 0 bridgehead atoms. The van der Waals surface area contributed by atoms with E-state index in [-0.39, 0.29) is 19.1 Å². The number of ether oxygens (including phenoxy) is 1. The smallest absolute Gasteiger partial charge is 0.331 e. The average molecular weight is 300 g/mol. The minimum Gasteiger partial charge on any atom is -0.491 e. The largest absolute Gasteiger partial charge is 0.491 e. The third-order valence-corrected chi connectivity index (χ3v) is 3.79. The summed E-state index contributed by atoms with van der Waals surface area (Å²) >= 11 is 0. The van der Waals surface area contributed by atoms with Crippen LogP contribution in [0, 0.1) is 6.92 Å². The van der Waals surface area contributed by atoms with Gasteiger partial charge in [-0.25, -0.2) is 4.79 Å². The number of carbonyl (C=O) groups excluding carboxylic acids is 1. The lowest BCUT2D eigenvalue weighted by Gasteiger charge is -2.26. The van der Waals surface area contributed by atoms with Crippen LogP contribution in [0.2, 0.25) is 0 Å². The molecule has 0 aliphatic carbocycles. The van der Waals surface area contributed by atoms with Gasteiger partial charge in [0.2, 0.25) is 0 Å². The fraction of sp³-hybridized carbons (Fsp3) is 0.250. The summed E-state index contributed by atoms with van der Waals surface area (Å²) in [6.07, 6.45) is 1.67. The Bertz CT molecular complexity index is 722. The molecule has 114 valence electrons. The minimum atomic E-state index is -1.07. The second-order valence-corrected chi connectivity index (χ2v) is 5.14. The summed E-state index contributed by atoms with van der Waals surface area (Å²) in [5, 5.41) is 9.64. The van der Waals surface area contributed by atoms with E-state index in [9.17, 15) is 14.7 Å². The molecule has 1 aromatic carbocycles. The van der Waals surface area contributed by atoms with Gasteiger partial charge in [-0.3, -0.25) is 4.79 Å². The molecule has 1 unspecified atom stereocenters. The number of nitrogens with zero attached hydrogens (tertiary/aromatic N) is 1. The van der Waals surface area contributed by atoms with Crippen molar-refractivity contribution in [2.45, 2.75) is 13.0 Å². The summed E-state index contributed by atoms with van der Waals surface area (Å²) in [5.74, 6) is -0.873. The van der Waals surface area contributed by atoms with E-state index in [0.717, 1.165) is 0 Å². The zero-order chi connectivity index (χ0) is 15.7. The van der Waals surface area contributed by atoms with Crippen molar-refractivity contribution in [2.75, 3.05) is 13.2 Å². The van der Waals surface area contributed by atoms with Gasteiger partial charge in [0.15, 0.2) is 6.04 Å². The highest BCUT2D eigenvalue weighted by molar-refractivity contribution is 5.98. The molecular formula is C16H16N2O4. The highest BCUT2D eigenvalue weighted by Crippen LogP contribution is 2.33. The molecule has 0 spiro atoms. The first-order valence-electron chi connectivity index (χ1n) is 6.99. The molecule has 1 atom stereocenters. The molecule has 2 N–H and O–H groups in total. The van der Waals surface area contributed by atoms with Crippen LogP contribution in [0.3, 0.4) is 0 Å². The Kier molecular flexibility index (Phi) is 3.58. The Balaban J connectivity index is 2.05. The van der Waals surface area contributed by atoms with Gasteiger partial charge in [-0.15, -0.1) is 0 Å². The summed E-state index contributed by atoms with van der Waals surface area (Å²) in [4.78, 5) is 28.8. The van der Waals surface area contributed by atoms with Crippen molar-refractivity contribution in [2.24, 2.45) is 0 Å². The van der Waals surface area contributed by atoms with Crippen LogP contribution in [0.25, 0.3) is 0 Å². The quantitative estimate of drug-likeness (QED) is 0.888. The maximum atomic E-state index is 12.7. The molecule has 6 nitrogen and oxygen atoms in total. The predicted molar refractivity (Wildman–Crippen MR) is 78.9 cm³/mol. The molecule has 1 amide bonds. The van der Waals surface area contributed by atoms with Gasteiger partial charge in [-0.05, 0) is 19.1 Å². The van der Waals surface area contributed by atoms with Crippen LogP contribution in [0.4, 0.5) is 0 Å². The van der Waals surface area contributed by atoms with Crippen molar-refractivity contribution in [3.63, 3.8) is 0 Å². The molecular weight excluding hydrogens is 284 g/mol. The third-order valence-electron chi connectivity index (χ3n) is 3.79. The predicted octanol–water partition coefficient (Wildman–Crippen LogP) is 1.98. The highest BCUT2D eigenvalue weighted by Gasteiger charge is 2.36. The van der Waals surface area contributed by atoms with Crippen molar-refractivity contribution in [1.29, 1.82) is 0 Å². The van der Waals surface area contributed by atoms with Gasteiger partial charge in [0, 0.05) is 17.5 Å². The number of H-pyrrole nitrogens is 1. The lowest BCUT2D eigenvalue weighted by Crippen LogP contribution is -2.40. The first-order valence-corrected chi connectivity index (χ1v) is 6.99. The lowest BCUT2D eigenvalue weighted by atomic mass is 10.0. The van der Waals surface area contributed by atoms with Crippen LogP contribution in [-0.2, 0) is 4.79 Å². The standard InChI is InChI=1S/C16H16N2O4/c1-10-11(6-7-17-10)15(19)18-8-9-22-13-5-3-2-4-12(13)14(18)16(20)21/h2-7,14,17H,8-9H2,1H3,(H,20,21). The van der Waals surface area contributed by atoms with E-state index in [2.05, 4.69) is 4.98 Å². The number of carboxylic acids is 1. The summed E-state index contributed by atoms with van der Waals surface area (Å²) in [6, 6.07) is 7.54. The van der Waals surface area contributed by atoms with Gasteiger partial charge < -0.3 is 19.7 Å². The number of hydrogen-bond acceptors (Lipinski definition) is 3. The number of aromatic amines is 1. The number of aliphatic carboxylic acids is 1. The molecule has 0 saturated heterocycles. The number of amides is 1. The molecule has 0 saturated carbocycles. The van der Waals surface area contributed by atoms with Crippen LogP contribution in [-0.4, -0.2) is 40.0 Å². The van der Waals surface area contributed by atoms with E-state index in [1.54, 1.807) is 43.5 Å². The summed E-state index contributed by atoms with van der Waals surface area (Å²) in [6.45, 7) is 2.26. The molecule has 0 radical (unpaired) electrons. The molecule has 22 heavy (non-hydrogen) atoms. The van der Waals surface area contributed by atoms with E-state index in [0.29, 0.717) is 22.6 Å². The minimum absolute atomic E-state index is 0.217. The Labute approximate surface area is 127 Å². The second-order valence-electron chi connectivity index (χ2n) is 5.14. The van der Waals surface area contributed by atoms with Crippen molar-refractivity contribution in [1.82, 2.24) is 9.88 Å². The Morgan fingerprint density at radius 3 is 2.77 bits per heavy atom. The Morgan fingerprint density at radius 1 is 1.32 bits per heavy atom. The average Bonchev–Trinajstić information content (AvgIpc) is 2.82. The molecule has 6 heteroatoms. The number of fused-ring (bicyclic) bond motifs is 1. The first-order chi connectivity index (χ1) is 10.6. The van der Waals surface area contributed by atoms with E-state index < -0.39 is 12.0 Å².